The lowest BCUT2D eigenvalue weighted by Gasteiger charge is -2.32. The van der Waals surface area contributed by atoms with Gasteiger partial charge in [-0.2, -0.15) is 0 Å². The maximum atomic E-state index is 12.0. The summed E-state index contributed by atoms with van der Waals surface area (Å²) in [6, 6.07) is 6.60. The summed E-state index contributed by atoms with van der Waals surface area (Å²) in [5, 5.41) is 19.2. The molecule has 0 spiro atoms. The molecule has 1 saturated heterocycles. The normalized spacial score (nSPS) is 15.4. The van der Waals surface area contributed by atoms with Gasteiger partial charge in [0.15, 0.2) is 0 Å². The van der Waals surface area contributed by atoms with E-state index in [9.17, 15) is 19.7 Å². The monoisotopic (exact) mass is 320 g/mol. The number of carboxylic acid groups (broad SMARTS) is 1. The second-order valence-electron chi connectivity index (χ2n) is 5.75. The third-order valence-corrected chi connectivity index (χ3v) is 4.20. The summed E-state index contributed by atoms with van der Waals surface area (Å²) in [5.41, 5.74) is 1.15. The number of amides is 1. The molecule has 1 aromatic rings. The Bertz CT molecular complexity index is 577. The first-order chi connectivity index (χ1) is 11.0. The Morgan fingerprint density at radius 1 is 1.17 bits per heavy atom. The molecule has 7 nitrogen and oxygen atoms in total. The fourth-order valence-corrected chi connectivity index (χ4v) is 2.88. The molecule has 0 bridgehead atoms. The molecule has 1 aliphatic heterocycles. The fraction of sp³-hybridized carbons (Fsp3) is 0.500. The van der Waals surface area contributed by atoms with Crippen LogP contribution in [0.3, 0.4) is 0 Å². The highest BCUT2D eigenvalue weighted by molar-refractivity contribution is 5.77. The van der Waals surface area contributed by atoms with E-state index in [4.69, 9.17) is 5.11 Å². The summed E-state index contributed by atoms with van der Waals surface area (Å²) >= 11 is 0. The van der Waals surface area contributed by atoms with E-state index in [2.05, 4.69) is 0 Å². The smallest absolute Gasteiger partial charge is 0.303 e. The number of carboxylic acids is 1. The molecule has 1 fully saturated rings. The molecular weight excluding hydrogens is 300 g/mol. The Balaban J connectivity index is 1.82. The first kappa shape index (κ1) is 16.9. The number of rotatable bonds is 6. The molecule has 23 heavy (non-hydrogen) atoms. The molecule has 7 heteroatoms. The zero-order valence-corrected chi connectivity index (χ0v) is 12.8. The number of likely N-dealkylation sites (tertiary alicyclic amines) is 1. The topological polar surface area (TPSA) is 101 Å². The van der Waals surface area contributed by atoms with Gasteiger partial charge >= 0.3 is 5.97 Å². The summed E-state index contributed by atoms with van der Waals surface area (Å²) in [4.78, 5) is 34.5. The van der Waals surface area contributed by atoms with Crippen molar-refractivity contribution in [3.8, 4) is 0 Å². The number of non-ortho nitro benzene ring substituents is 1. The van der Waals surface area contributed by atoms with Gasteiger partial charge in [-0.3, -0.25) is 19.7 Å². The largest absolute Gasteiger partial charge is 0.481 e. The van der Waals surface area contributed by atoms with Gasteiger partial charge in [0, 0.05) is 38.1 Å². The Kier molecular flexibility index (Phi) is 5.67. The van der Waals surface area contributed by atoms with Gasteiger partial charge in [0.2, 0.25) is 5.91 Å². The van der Waals surface area contributed by atoms with Crippen molar-refractivity contribution in [2.45, 2.75) is 38.0 Å². The van der Waals surface area contributed by atoms with Crippen molar-refractivity contribution >= 4 is 17.6 Å². The van der Waals surface area contributed by atoms with Crippen LogP contribution in [-0.4, -0.2) is 39.9 Å². The predicted octanol–water partition coefficient (Wildman–Crippen LogP) is 2.56. The number of hydrogen-bond donors (Lipinski definition) is 1. The Labute approximate surface area is 134 Å². The van der Waals surface area contributed by atoms with Crippen LogP contribution in [0, 0.1) is 10.1 Å². The van der Waals surface area contributed by atoms with Crippen LogP contribution in [0.5, 0.6) is 0 Å². The maximum Gasteiger partial charge on any atom is 0.303 e. The lowest BCUT2D eigenvalue weighted by atomic mass is 9.89. The van der Waals surface area contributed by atoms with Gasteiger partial charge < -0.3 is 10.0 Å². The number of nitro benzene ring substituents is 1. The Hall–Kier alpha value is -2.44. The molecule has 0 radical (unpaired) electrons. The summed E-state index contributed by atoms with van der Waals surface area (Å²) in [6.07, 6.45) is 2.31. The van der Waals surface area contributed by atoms with E-state index in [0.717, 1.165) is 18.4 Å². The first-order valence-electron chi connectivity index (χ1n) is 7.71. The van der Waals surface area contributed by atoms with E-state index >= 15 is 0 Å². The molecule has 0 atom stereocenters. The molecular formula is C16H20N2O5. The van der Waals surface area contributed by atoms with E-state index in [1.165, 1.54) is 12.1 Å². The van der Waals surface area contributed by atoms with Crippen LogP contribution in [0.1, 0.15) is 43.6 Å². The van der Waals surface area contributed by atoms with Crippen LogP contribution in [0.2, 0.25) is 0 Å². The average Bonchev–Trinajstić information content (AvgIpc) is 2.54. The molecule has 2 rings (SSSR count). The number of benzene rings is 1. The van der Waals surface area contributed by atoms with Crippen LogP contribution in [0.15, 0.2) is 24.3 Å². The van der Waals surface area contributed by atoms with Gasteiger partial charge in [0.1, 0.15) is 0 Å². The third kappa shape index (κ3) is 4.77. The van der Waals surface area contributed by atoms with E-state index in [0.29, 0.717) is 25.4 Å². The third-order valence-electron chi connectivity index (χ3n) is 4.20. The number of hydrogen-bond acceptors (Lipinski definition) is 4. The van der Waals surface area contributed by atoms with Crippen molar-refractivity contribution in [1.82, 2.24) is 4.90 Å². The quantitative estimate of drug-likeness (QED) is 0.641. The molecule has 1 N–H and O–H groups in total. The van der Waals surface area contributed by atoms with Crippen LogP contribution < -0.4 is 0 Å². The minimum absolute atomic E-state index is 0.00778. The van der Waals surface area contributed by atoms with Crippen molar-refractivity contribution < 1.29 is 19.6 Å². The van der Waals surface area contributed by atoms with Gasteiger partial charge in [0.25, 0.3) is 5.69 Å². The number of aliphatic carboxylic acids is 1. The highest BCUT2D eigenvalue weighted by atomic mass is 16.6. The van der Waals surface area contributed by atoms with Crippen LogP contribution >= 0.6 is 0 Å². The molecule has 1 heterocycles. The zero-order chi connectivity index (χ0) is 16.8. The van der Waals surface area contributed by atoms with Gasteiger partial charge in [-0.15, -0.1) is 0 Å². The molecule has 0 unspecified atom stereocenters. The molecule has 124 valence electrons. The van der Waals surface area contributed by atoms with Crippen molar-refractivity contribution in [1.29, 1.82) is 0 Å². The van der Waals surface area contributed by atoms with Crippen molar-refractivity contribution in [3.63, 3.8) is 0 Å². The molecule has 0 aromatic heterocycles. The van der Waals surface area contributed by atoms with E-state index in [1.807, 2.05) is 0 Å². The van der Waals surface area contributed by atoms with Gasteiger partial charge in [0.05, 0.1) is 4.92 Å². The maximum absolute atomic E-state index is 12.0. The van der Waals surface area contributed by atoms with Crippen molar-refractivity contribution in [2.24, 2.45) is 0 Å². The highest BCUT2D eigenvalue weighted by Crippen LogP contribution is 2.29. The lowest BCUT2D eigenvalue weighted by molar-refractivity contribution is -0.384. The lowest BCUT2D eigenvalue weighted by Crippen LogP contribution is -2.37. The van der Waals surface area contributed by atoms with Gasteiger partial charge in [-0.1, -0.05) is 12.1 Å². The second kappa shape index (κ2) is 7.71. The van der Waals surface area contributed by atoms with Crippen LogP contribution in [0.25, 0.3) is 0 Å². The summed E-state index contributed by atoms with van der Waals surface area (Å²) in [5.74, 6) is -0.568. The van der Waals surface area contributed by atoms with Crippen molar-refractivity contribution in [2.75, 3.05) is 13.1 Å². The summed E-state index contributed by atoms with van der Waals surface area (Å²) in [7, 11) is 0. The van der Waals surface area contributed by atoms with Gasteiger partial charge in [-0.05, 0) is 30.7 Å². The summed E-state index contributed by atoms with van der Waals surface area (Å²) < 4.78 is 0. The van der Waals surface area contributed by atoms with E-state index < -0.39 is 10.9 Å². The van der Waals surface area contributed by atoms with Crippen LogP contribution in [-0.2, 0) is 9.59 Å². The minimum atomic E-state index is -0.880. The molecule has 1 aliphatic rings. The Morgan fingerprint density at radius 2 is 1.78 bits per heavy atom. The second-order valence-corrected chi connectivity index (χ2v) is 5.75. The summed E-state index contributed by atoms with van der Waals surface area (Å²) in [6.45, 7) is 1.29. The number of carbonyl (C=O) groups excluding carboxylic acids is 1. The highest BCUT2D eigenvalue weighted by Gasteiger charge is 2.24. The minimum Gasteiger partial charge on any atom is -0.481 e. The Morgan fingerprint density at radius 3 is 2.30 bits per heavy atom. The number of piperidine rings is 1. The molecule has 0 aliphatic carbocycles. The number of nitrogens with zero attached hydrogens (tertiary/aromatic N) is 2. The standard InChI is InChI=1S/C16H20N2O5/c19-15(2-1-3-16(20)21)17-10-8-13(9-11-17)12-4-6-14(7-5-12)18(22)23/h4-7,13H,1-3,8-11H2,(H,20,21). The number of nitro groups is 1. The molecule has 0 saturated carbocycles. The fourth-order valence-electron chi connectivity index (χ4n) is 2.88. The number of carbonyl (C=O) groups is 2. The predicted molar refractivity (Wildman–Crippen MR) is 83.1 cm³/mol. The van der Waals surface area contributed by atoms with E-state index in [1.54, 1.807) is 17.0 Å². The molecule has 1 amide bonds. The average molecular weight is 320 g/mol. The SMILES string of the molecule is O=C(O)CCCC(=O)N1CCC(c2ccc([N+](=O)[O-])cc2)CC1. The van der Waals surface area contributed by atoms with Crippen molar-refractivity contribution in [3.05, 3.63) is 39.9 Å². The zero-order valence-electron chi connectivity index (χ0n) is 12.8. The first-order valence-corrected chi connectivity index (χ1v) is 7.71. The van der Waals surface area contributed by atoms with Crippen LogP contribution in [0.4, 0.5) is 5.69 Å². The van der Waals surface area contributed by atoms with Gasteiger partial charge in [-0.25, -0.2) is 0 Å². The van der Waals surface area contributed by atoms with E-state index in [-0.39, 0.29) is 24.4 Å². The molecule has 1 aromatic carbocycles.